The van der Waals surface area contributed by atoms with Gasteiger partial charge in [0.2, 0.25) is 0 Å². The Bertz CT molecular complexity index is 591. The van der Waals surface area contributed by atoms with Gasteiger partial charge in [-0.15, -0.1) is 0 Å². The first-order valence-corrected chi connectivity index (χ1v) is 8.58. The van der Waals surface area contributed by atoms with Gasteiger partial charge in [-0.1, -0.05) is 18.2 Å². The number of hydrogen-bond acceptors (Lipinski definition) is 3. The molecule has 0 amide bonds. The van der Waals surface area contributed by atoms with Crippen LogP contribution < -0.4 is 10.2 Å². The van der Waals surface area contributed by atoms with E-state index in [0.29, 0.717) is 0 Å². The lowest BCUT2D eigenvalue weighted by atomic mass is 9.78. The minimum absolute atomic E-state index is 0.199. The molecule has 3 rings (SSSR count). The average Bonchev–Trinajstić information content (AvgIpc) is 2.71. The second-order valence-electron chi connectivity index (χ2n) is 7.63. The van der Waals surface area contributed by atoms with Crippen molar-refractivity contribution in [2.75, 3.05) is 0 Å². The van der Waals surface area contributed by atoms with Crippen LogP contribution >= 0.6 is 0 Å². The quantitative estimate of drug-likeness (QED) is 0.628. The maximum atomic E-state index is 6.12. The first-order chi connectivity index (χ1) is 10.8. The maximum Gasteiger partial charge on any atom is 0.494 e. The lowest BCUT2D eigenvalue weighted by molar-refractivity contribution is 0.00578. The standard InChI is InChI=1S/C19H27BO3/c1-14-13-15(20-22-18(2,3)19(4,5)23-20)11-12-17(14)21-16-9-7-6-8-10-16/h7,9,11-13,16H,6,8,10H2,1-5H3. The second-order valence-corrected chi connectivity index (χ2v) is 7.63. The Morgan fingerprint density at radius 1 is 1.13 bits per heavy atom. The number of allylic oxidation sites excluding steroid dienone is 1. The summed E-state index contributed by atoms with van der Waals surface area (Å²) in [4.78, 5) is 0. The molecule has 23 heavy (non-hydrogen) atoms. The minimum Gasteiger partial charge on any atom is -0.486 e. The van der Waals surface area contributed by atoms with Crippen LogP contribution in [-0.4, -0.2) is 24.4 Å². The summed E-state index contributed by atoms with van der Waals surface area (Å²) in [6.45, 7) is 10.4. The van der Waals surface area contributed by atoms with Crippen LogP contribution in [0.1, 0.15) is 52.5 Å². The van der Waals surface area contributed by atoms with Gasteiger partial charge in [-0.25, -0.2) is 0 Å². The van der Waals surface area contributed by atoms with Crippen LogP contribution in [0.2, 0.25) is 0 Å². The Balaban J connectivity index is 1.75. The van der Waals surface area contributed by atoms with E-state index in [9.17, 15) is 0 Å². The zero-order valence-corrected chi connectivity index (χ0v) is 14.9. The number of ether oxygens (including phenoxy) is 1. The van der Waals surface area contributed by atoms with E-state index >= 15 is 0 Å². The predicted octanol–water partition coefficient (Wildman–Crippen LogP) is 3.78. The van der Waals surface area contributed by atoms with Crippen LogP contribution in [0.5, 0.6) is 5.75 Å². The molecule has 1 unspecified atom stereocenters. The highest BCUT2D eigenvalue weighted by molar-refractivity contribution is 6.62. The molecule has 4 heteroatoms. The number of rotatable bonds is 3. The van der Waals surface area contributed by atoms with Gasteiger partial charge in [0.15, 0.2) is 0 Å². The summed E-state index contributed by atoms with van der Waals surface area (Å²) >= 11 is 0. The molecule has 0 N–H and O–H groups in total. The molecule has 1 fully saturated rings. The topological polar surface area (TPSA) is 27.7 Å². The zero-order valence-electron chi connectivity index (χ0n) is 14.9. The van der Waals surface area contributed by atoms with Crippen molar-refractivity contribution in [2.45, 2.75) is 71.2 Å². The van der Waals surface area contributed by atoms with Crippen molar-refractivity contribution in [3.05, 3.63) is 35.9 Å². The predicted molar refractivity (Wildman–Crippen MR) is 94.3 cm³/mol. The van der Waals surface area contributed by atoms with E-state index in [-0.39, 0.29) is 24.4 Å². The van der Waals surface area contributed by atoms with Gasteiger partial charge in [-0.05, 0) is 77.0 Å². The van der Waals surface area contributed by atoms with Gasteiger partial charge in [0.25, 0.3) is 0 Å². The number of hydrogen-bond donors (Lipinski definition) is 0. The molecule has 1 saturated heterocycles. The van der Waals surface area contributed by atoms with E-state index < -0.39 is 0 Å². The van der Waals surface area contributed by atoms with Crippen molar-refractivity contribution in [1.29, 1.82) is 0 Å². The minimum atomic E-state index is -0.317. The Morgan fingerprint density at radius 2 is 1.83 bits per heavy atom. The Labute approximate surface area is 140 Å². The van der Waals surface area contributed by atoms with Gasteiger partial charge >= 0.3 is 7.12 Å². The monoisotopic (exact) mass is 314 g/mol. The molecule has 124 valence electrons. The van der Waals surface area contributed by atoms with Gasteiger partial charge in [0.1, 0.15) is 11.9 Å². The summed E-state index contributed by atoms with van der Waals surface area (Å²) in [5, 5.41) is 0. The largest absolute Gasteiger partial charge is 0.494 e. The van der Waals surface area contributed by atoms with E-state index in [1.54, 1.807) is 0 Å². The van der Waals surface area contributed by atoms with E-state index in [1.165, 1.54) is 12.8 Å². The Kier molecular flexibility index (Phi) is 4.32. The lowest BCUT2D eigenvalue weighted by Gasteiger charge is -2.32. The molecule has 0 aromatic heterocycles. The molecule has 1 heterocycles. The van der Waals surface area contributed by atoms with E-state index in [1.807, 2.05) is 6.07 Å². The lowest BCUT2D eigenvalue weighted by Crippen LogP contribution is -2.41. The molecule has 2 aliphatic rings. The third kappa shape index (κ3) is 3.34. The normalized spacial score (nSPS) is 25.6. The highest BCUT2D eigenvalue weighted by Crippen LogP contribution is 2.36. The third-order valence-electron chi connectivity index (χ3n) is 5.21. The Morgan fingerprint density at radius 3 is 2.39 bits per heavy atom. The third-order valence-corrected chi connectivity index (χ3v) is 5.21. The molecule has 3 nitrogen and oxygen atoms in total. The van der Waals surface area contributed by atoms with Gasteiger partial charge in [-0.3, -0.25) is 0 Å². The SMILES string of the molecule is Cc1cc(B2OC(C)(C)C(C)(C)O2)ccc1OC1C=CCCC1. The maximum absolute atomic E-state index is 6.12. The smallest absolute Gasteiger partial charge is 0.486 e. The van der Waals surface area contributed by atoms with Crippen LogP contribution in [-0.2, 0) is 9.31 Å². The first-order valence-electron chi connectivity index (χ1n) is 8.58. The van der Waals surface area contributed by atoms with E-state index in [0.717, 1.165) is 23.2 Å². The van der Waals surface area contributed by atoms with Crippen molar-refractivity contribution in [1.82, 2.24) is 0 Å². The van der Waals surface area contributed by atoms with Gasteiger partial charge in [-0.2, -0.15) is 0 Å². The number of benzene rings is 1. The molecule has 0 saturated carbocycles. The van der Waals surface area contributed by atoms with Crippen molar-refractivity contribution in [2.24, 2.45) is 0 Å². The van der Waals surface area contributed by atoms with Gasteiger partial charge in [0, 0.05) is 0 Å². The molecule has 1 aliphatic heterocycles. The fourth-order valence-corrected chi connectivity index (χ4v) is 2.97. The molecule has 0 radical (unpaired) electrons. The second kappa shape index (κ2) is 5.99. The van der Waals surface area contributed by atoms with Crippen LogP contribution in [0, 0.1) is 6.92 Å². The highest BCUT2D eigenvalue weighted by atomic mass is 16.7. The fraction of sp³-hybridized carbons (Fsp3) is 0.579. The van der Waals surface area contributed by atoms with Crippen LogP contribution in [0.15, 0.2) is 30.4 Å². The summed E-state index contributed by atoms with van der Waals surface area (Å²) in [6, 6.07) is 6.21. The van der Waals surface area contributed by atoms with Crippen LogP contribution in [0.25, 0.3) is 0 Å². The van der Waals surface area contributed by atoms with Crippen molar-refractivity contribution in [3.63, 3.8) is 0 Å². The zero-order chi connectivity index (χ0) is 16.7. The summed E-state index contributed by atoms with van der Waals surface area (Å²) in [7, 11) is -0.317. The van der Waals surface area contributed by atoms with Crippen molar-refractivity contribution in [3.8, 4) is 5.75 Å². The summed E-state index contributed by atoms with van der Waals surface area (Å²) < 4.78 is 18.4. The van der Waals surface area contributed by atoms with E-state index in [2.05, 4.69) is 58.9 Å². The molecule has 0 bridgehead atoms. The fourth-order valence-electron chi connectivity index (χ4n) is 2.97. The van der Waals surface area contributed by atoms with Crippen LogP contribution in [0.3, 0.4) is 0 Å². The first kappa shape index (κ1) is 16.6. The molecule has 1 aliphatic carbocycles. The van der Waals surface area contributed by atoms with E-state index in [4.69, 9.17) is 14.0 Å². The summed E-state index contributed by atoms with van der Waals surface area (Å²) in [5.74, 6) is 0.946. The van der Waals surface area contributed by atoms with Gasteiger partial charge < -0.3 is 14.0 Å². The molecule has 0 spiro atoms. The van der Waals surface area contributed by atoms with Crippen LogP contribution in [0.4, 0.5) is 0 Å². The molecule has 1 aromatic rings. The van der Waals surface area contributed by atoms with Crippen molar-refractivity contribution < 1.29 is 14.0 Å². The highest BCUT2D eigenvalue weighted by Gasteiger charge is 2.51. The average molecular weight is 314 g/mol. The Hall–Kier alpha value is -1.26. The molecular weight excluding hydrogens is 287 g/mol. The number of aryl methyl sites for hydroxylation is 1. The van der Waals surface area contributed by atoms with Gasteiger partial charge in [0.05, 0.1) is 11.2 Å². The molecule has 1 aromatic carbocycles. The molecule has 1 atom stereocenters. The summed E-state index contributed by atoms with van der Waals surface area (Å²) in [6.07, 6.45) is 8.04. The summed E-state index contributed by atoms with van der Waals surface area (Å²) in [5.41, 5.74) is 1.55. The van der Waals surface area contributed by atoms with Crippen molar-refractivity contribution >= 4 is 12.6 Å². The molecular formula is C19H27BO3.